The van der Waals surface area contributed by atoms with Gasteiger partial charge in [-0.1, -0.05) is 41.4 Å². The largest absolute Gasteiger partial charge is 0.351 e. The van der Waals surface area contributed by atoms with Gasteiger partial charge in [0.25, 0.3) is 0 Å². The van der Waals surface area contributed by atoms with Crippen LogP contribution in [0, 0.1) is 12.7 Å². The van der Waals surface area contributed by atoms with Crippen molar-refractivity contribution < 1.29 is 17.6 Å². The zero-order valence-electron chi connectivity index (χ0n) is 16.4. The molecule has 1 N–H and O–H groups in total. The number of nitrogens with zero attached hydrogens (tertiary/aromatic N) is 2. The third-order valence-electron chi connectivity index (χ3n) is 4.94. The molecule has 0 aliphatic carbocycles. The van der Waals surface area contributed by atoms with Gasteiger partial charge in [0.2, 0.25) is 15.9 Å². The van der Waals surface area contributed by atoms with Gasteiger partial charge >= 0.3 is 0 Å². The molecule has 3 rings (SSSR count). The van der Waals surface area contributed by atoms with Crippen LogP contribution in [-0.4, -0.2) is 56.3 Å². The second-order valence-electron chi connectivity index (χ2n) is 7.09. The summed E-state index contributed by atoms with van der Waals surface area (Å²) < 4.78 is 40.4. The molecule has 0 bridgehead atoms. The first-order valence-electron chi connectivity index (χ1n) is 9.36. The average Bonchev–Trinajstić information content (AvgIpc) is 2.71. The standard InChI is InChI=1S/C20H22Cl2FN3O3S/c1-14-11-15(5-6-17(14)23)12-24-19(27)13-25-7-9-26(10-8-25)30(28,29)18-4-2-3-16(21)20(18)22/h2-6,11H,7-10,12-13H2,1H3,(H,24,27). The number of hydrogen-bond acceptors (Lipinski definition) is 4. The van der Waals surface area contributed by atoms with Crippen LogP contribution < -0.4 is 5.32 Å². The van der Waals surface area contributed by atoms with Gasteiger partial charge in [-0.05, 0) is 36.2 Å². The molecule has 10 heteroatoms. The number of halogens is 3. The van der Waals surface area contributed by atoms with Gasteiger partial charge in [0, 0.05) is 32.7 Å². The highest BCUT2D eigenvalue weighted by atomic mass is 35.5. The van der Waals surface area contributed by atoms with E-state index < -0.39 is 10.0 Å². The molecule has 0 unspecified atom stereocenters. The number of amides is 1. The molecular formula is C20H22Cl2FN3O3S. The minimum atomic E-state index is -3.76. The second kappa shape index (κ2) is 9.62. The number of carbonyl (C=O) groups excluding carboxylic acids is 1. The number of hydrogen-bond donors (Lipinski definition) is 1. The van der Waals surface area contributed by atoms with Crippen LogP contribution in [0.5, 0.6) is 0 Å². The summed E-state index contributed by atoms with van der Waals surface area (Å²) in [6, 6.07) is 9.22. The van der Waals surface area contributed by atoms with Crippen LogP contribution in [-0.2, 0) is 21.4 Å². The average molecular weight is 474 g/mol. The number of nitrogens with one attached hydrogen (secondary N) is 1. The molecule has 0 radical (unpaired) electrons. The molecule has 1 amide bonds. The summed E-state index contributed by atoms with van der Waals surface area (Å²) in [5, 5.41) is 3.00. The molecule has 1 heterocycles. The summed E-state index contributed by atoms with van der Waals surface area (Å²) in [4.78, 5) is 14.1. The van der Waals surface area contributed by atoms with Gasteiger partial charge in [0.1, 0.15) is 10.7 Å². The van der Waals surface area contributed by atoms with Crippen molar-refractivity contribution in [2.24, 2.45) is 0 Å². The fraction of sp³-hybridized carbons (Fsp3) is 0.350. The molecule has 6 nitrogen and oxygen atoms in total. The normalized spacial score (nSPS) is 15.9. The van der Waals surface area contributed by atoms with E-state index in [1.807, 2.05) is 4.90 Å². The molecule has 1 saturated heterocycles. The van der Waals surface area contributed by atoms with E-state index in [9.17, 15) is 17.6 Å². The van der Waals surface area contributed by atoms with E-state index in [1.54, 1.807) is 25.1 Å². The zero-order chi connectivity index (χ0) is 21.9. The Hall–Kier alpha value is -1.71. The van der Waals surface area contributed by atoms with Gasteiger partial charge in [0.15, 0.2) is 0 Å². The topological polar surface area (TPSA) is 69.7 Å². The Labute approximate surface area is 185 Å². The van der Waals surface area contributed by atoms with Crippen molar-refractivity contribution in [3.63, 3.8) is 0 Å². The molecule has 0 saturated carbocycles. The van der Waals surface area contributed by atoms with Crippen molar-refractivity contribution in [3.8, 4) is 0 Å². The molecule has 1 fully saturated rings. The van der Waals surface area contributed by atoms with Crippen LogP contribution in [0.15, 0.2) is 41.3 Å². The van der Waals surface area contributed by atoms with Crippen LogP contribution >= 0.6 is 23.2 Å². The van der Waals surface area contributed by atoms with Gasteiger partial charge < -0.3 is 5.32 Å². The summed E-state index contributed by atoms with van der Waals surface area (Å²) >= 11 is 12.0. The quantitative estimate of drug-likeness (QED) is 0.699. The third-order valence-corrected chi connectivity index (χ3v) is 7.82. The fourth-order valence-electron chi connectivity index (χ4n) is 3.23. The van der Waals surface area contributed by atoms with E-state index in [4.69, 9.17) is 23.2 Å². The van der Waals surface area contributed by atoms with Crippen molar-refractivity contribution in [2.75, 3.05) is 32.7 Å². The molecule has 162 valence electrons. The molecule has 2 aromatic carbocycles. The molecule has 30 heavy (non-hydrogen) atoms. The number of piperazine rings is 1. The van der Waals surface area contributed by atoms with Crippen LogP contribution in [0.25, 0.3) is 0 Å². The highest BCUT2D eigenvalue weighted by Crippen LogP contribution is 2.31. The molecule has 1 aliphatic heterocycles. The van der Waals surface area contributed by atoms with Crippen molar-refractivity contribution in [1.82, 2.24) is 14.5 Å². The van der Waals surface area contributed by atoms with Crippen LogP contribution in [0.4, 0.5) is 4.39 Å². The lowest BCUT2D eigenvalue weighted by molar-refractivity contribution is -0.122. The van der Waals surface area contributed by atoms with E-state index in [1.165, 1.54) is 22.5 Å². The minimum absolute atomic E-state index is 0.0111. The van der Waals surface area contributed by atoms with Gasteiger partial charge in [-0.15, -0.1) is 0 Å². The van der Waals surface area contributed by atoms with E-state index in [0.29, 0.717) is 25.2 Å². The summed E-state index contributed by atoms with van der Waals surface area (Å²) in [6.07, 6.45) is 0. The number of carbonyl (C=O) groups is 1. The molecule has 0 aromatic heterocycles. The molecule has 0 spiro atoms. The lowest BCUT2D eigenvalue weighted by atomic mass is 10.1. The Bertz CT molecular complexity index is 1040. The van der Waals surface area contributed by atoms with Crippen molar-refractivity contribution in [3.05, 3.63) is 63.4 Å². The number of aryl methyl sites for hydroxylation is 1. The van der Waals surface area contributed by atoms with E-state index in [2.05, 4.69) is 5.32 Å². The zero-order valence-corrected chi connectivity index (χ0v) is 18.7. The van der Waals surface area contributed by atoms with Gasteiger partial charge in [-0.25, -0.2) is 12.8 Å². The Morgan fingerprint density at radius 2 is 1.83 bits per heavy atom. The summed E-state index contributed by atoms with van der Waals surface area (Å²) in [5.74, 6) is -0.455. The Morgan fingerprint density at radius 3 is 2.50 bits per heavy atom. The first-order chi connectivity index (χ1) is 14.2. The van der Waals surface area contributed by atoms with Crippen molar-refractivity contribution in [1.29, 1.82) is 0 Å². The first kappa shape index (κ1) is 23.0. The van der Waals surface area contributed by atoms with E-state index in [-0.39, 0.29) is 46.3 Å². The fourth-order valence-corrected chi connectivity index (χ4v) is 5.38. The third kappa shape index (κ3) is 5.31. The molecule has 2 aromatic rings. The maximum atomic E-state index is 13.3. The number of benzene rings is 2. The maximum absolute atomic E-state index is 13.3. The lowest BCUT2D eigenvalue weighted by Gasteiger charge is -2.33. The predicted octanol–water partition coefficient (Wildman–Crippen LogP) is 3.06. The first-order valence-corrected chi connectivity index (χ1v) is 11.6. The van der Waals surface area contributed by atoms with Crippen LogP contribution in [0.1, 0.15) is 11.1 Å². The van der Waals surface area contributed by atoms with Crippen molar-refractivity contribution >= 4 is 39.1 Å². The summed E-state index contributed by atoms with van der Waals surface area (Å²) in [5.41, 5.74) is 1.34. The Balaban J connectivity index is 1.52. The summed E-state index contributed by atoms with van der Waals surface area (Å²) in [6.45, 7) is 3.46. The lowest BCUT2D eigenvalue weighted by Crippen LogP contribution is -2.51. The number of sulfonamides is 1. The predicted molar refractivity (Wildman–Crippen MR) is 115 cm³/mol. The maximum Gasteiger partial charge on any atom is 0.244 e. The monoisotopic (exact) mass is 473 g/mol. The van der Waals surface area contributed by atoms with Gasteiger partial charge in [0.05, 0.1) is 16.6 Å². The summed E-state index contributed by atoms with van der Waals surface area (Å²) in [7, 11) is -3.76. The Kier molecular flexibility index (Phi) is 7.36. The van der Waals surface area contributed by atoms with E-state index >= 15 is 0 Å². The second-order valence-corrected chi connectivity index (χ2v) is 9.78. The van der Waals surface area contributed by atoms with Crippen molar-refractivity contribution in [2.45, 2.75) is 18.4 Å². The molecule has 1 aliphatic rings. The van der Waals surface area contributed by atoms with E-state index in [0.717, 1.165) is 5.56 Å². The SMILES string of the molecule is Cc1cc(CNC(=O)CN2CCN(S(=O)(=O)c3cccc(Cl)c3Cl)CC2)ccc1F. The smallest absolute Gasteiger partial charge is 0.244 e. The molecule has 0 atom stereocenters. The molecular weight excluding hydrogens is 452 g/mol. The van der Waals surface area contributed by atoms with Gasteiger partial charge in [-0.2, -0.15) is 4.31 Å². The van der Waals surface area contributed by atoms with Gasteiger partial charge in [-0.3, -0.25) is 9.69 Å². The van der Waals surface area contributed by atoms with Crippen LogP contribution in [0.2, 0.25) is 10.0 Å². The highest BCUT2D eigenvalue weighted by molar-refractivity contribution is 7.89. The highest BCUT2D eigenvalue weighted by Gasteiger charge is 2.31. The number of rotatable bonds is 6. The van der Waals surface area contributed by atoms with Crippen LogP contribution in [0.3, 0.4) is 0 Å². The Morgan fingerprint density at radius 1 is 1.13 bits per heavy atom. The minimum Gasteiger partial charge on any atom is -0.351 e.